The summed E-state index contributed by atoms with van der Waals surface area (Å²) in [6.45, 7) is 1.63. The van der Waals surface area contributed by atoms with E-state index in [2.05, 4.69) is 5.10 Å². The van der Waals surface area contributed by atoms with E-state index in [1.165, 1.54) is 4.57 Å². The normalized spacial score (nSPS) is 14.1. The van der Waals surface area contributed by atoms with Gasteiger partial charge < -0.3 is 14.2 Å². The van der Waals surface area contributed by atoms with Crippen LogP contribution in [-0.4, -0.2) is 45.2 Å². The lowest BCUT2D eigenvalue weighted by atomic mass is 10.1. The van der Waals surface area contributed by atoms with E-state index in [0.717, 1.165) is 37.2 Å². The SMILES string of the molecule is COc1cccc(-c2cc3c(=O)n(CC(=O)N4CCCC4)ccn3n2)c1. The van der Waals surface area contributed by atoms with Crippen molar-refractivity contribution in [3.05, 3.63) is 53.1 Å². The van der Waals surface area contributed by atoms with Gasteiger partial charge in [-0.15, -0.1) is 0 Å². The summed E-state index contributed by atoms with van der Waals surface area (Å²) in [4.78, 5) is 26.9. The molecule has 0 saturated carbocycles. The summed E-state index contributed by atoms with van der Waals surface area (Å²) < 4.78 is 8.24. The van der Waals surface area contributed by atoms with Crippen molar-refractivity contribution in [1.82, 2.24) is 19.1 Å². The van der Waals surface area contributed by atoms with E-state index in [-0.39, 0.29) is 18.0 Å². The second kappa shape index (κ2) is 6.67. The molecule has 7 heteroatoms. The Balaban J connectivity index is 1.67. The first kappa shape index (κ1) is 16.4. The van der Waals surface area contributed by atoms with Crippen LogP contribution in [0.4, 0.5) is 0 Å². The number of fused-ring (bicyclic) bond motifs is 1. The van der Waals surface area contributed by atoms with Gasteiger partial charge in [0.25, 0.3) is 5.56 Å². The van der Waals surface area contributed by atoms with Crippen molar-refractivity contribution in [2.45, 2.75) is 19.4 Å². The summed E-state index contributed by atoms with van der Waals surface area (Å²) >= 11 is 0. The third-order valence-corrected chi connectivity index (χ3v) is 4.73. The number of likely N-dealkylation sites (tertiary alicyclic amines) is 1. The Labute approximate surface area is 150 Å². The highest BCUT2D eigenvalue weighted by Crippen LogP contribution is 2.23. The standard InChI is InChI=1S/C19H20N4O3/c1-26-15-6-4-5-14(11-15)16-12-17-19(25)22(9-10-23(17)20-16)13-18(24)21-7-2-3-8-21/h4-6,9-12H,2-3,7-8,13H2,1H3. The van der Waals surface area contributed by atoms with Crippen molar-refractivity contribution in [2.75, 3.05) is 20.2 Å². The summed E-state index contributed by atoms with van der Waals surface area (Å²) in [5.41, 5.74) is 1.78. The molecule has 2 aromatic heterocycles. The van der Waals surface area contributed by atoms with Crippen LogP contribution >= 0.6 is 0 Å². The first-order valence-corrected chi connectivity index (χ1v) is 8.67. The highest BCUT2D eigenvalue weighted by molar-refractivity contribution is 5.76. The lowest BCUT2D eigenvalue weighted by Crippen LogP contribution is -2.34. The average Bonchev–Trinajstić information content (AvgIpc) is 3.34. The highest BCUT2D eigenvalue weighted by Gasteiger charge is 2.19. The van der Waals surface area contributed by atoms with Gasteiger partial charge in [-0.3, -0.25) is 9.59 Å². The zero-order valence-corrected chi connectivity index (χ0v) is 14.6. The van der Waals surface area contributed by atoms with Crippen LogP contribution in [0.15, 0.2) is 47.5 Å². The molecule has 134 valence electrons. The minimum Gasteiger partial charge on any atom is -0.497 e. The molecule has 1 aliphatic rings. The number of aromatic nitrogens is 3. The van der Waals surface area contributed by atoms with Gasteiger partial charge in [0.15, 0.2) is 0 Å². The molecule has 0 N–H and O–H groups in total. The van der Waals surface area contributed by atoms with Crippen LogP contribution in [0.2, 0.25) is 0 Å². The summed E-state index contributed by atoms with van der Waals surface area (Å²) in [6, 6.07) is 9.27. The van der Waals surface area contributed by atoms with Crippen LogP contribution in [0.25, 0.3) is 16.8 Å². The van der Waals surface area contributed by atoms with Crippen molar-refractivity contribution < 1.29 is 9.53 Å². The Morgan fingerprint density at radius 2 is 2.00 bits per heavy atom. The average molecular weight is 352 g/mol. The molecule has 4 rings (SSSR count). The zero-order chi connectivity index (χ0) is 18.1. The van der Waals surface area contributed by atoms with Crippen molar-refractivity contribution in [3.63, 3.8) is 0 Å². The van der Waals surface area contributed by atoms with Gasteiger partial charge in [-0.25, -0.2) is 4.52 Å². The van der Waals surface area contributed by atoms with Gasteiger partial charge in [-0.2, -0.15) is 5.10 Å². The molecule has 1 fully saturated rings. The smallest absolute Gasteiger partial charge is 0.277 e. The fourth-order valence-electron chi connectivity index (χ4n) is 3.29. The Morgan fingerprint density at radius 1 is 1.19 bits per heavy atom. The van der Waals surface area contributed by atoms with Crippen molar-refractivity contribution in [1.29, 1.82) is 0 Å². The predicted octanol–water partition coefficient (Wildman–Crippen LogP) is 1.79. The van der Waals surface area contributed by atoms with E-state index in [1.54, 1.807) is 30.1 Å². The molecular weight excluding hydrogens is 332 g/mol. The monoisotopic (exact) mass is 352 g/mol. The molecule has 3 heterocycles. The van der Waals surface area contributed by atoms with Crippen molar-refractivity contribution in [2.24, 2.45) is 0 Å². The van der Waals surface area contributed by atoms with Crippen molar-refractivity contribution in [3.8, 4) is 17.0 Å². The lowest BCUT2D eigenvalue weighted by molar-refractivity contribution is -0.130. The molecule has 0 atom stereocenters. The van der Waals surface area contributed by atoms with E-state index < -0.39 is 0 Å². The van der Waals surface area contributed by atoms with E-state index in [0.29, 0.717) is 11.2 Å². The van der Waals surface area contributed by atoms with Crippen molar-refractivity contribution >= 4 is 11.4 Å². The summed E-state index contributed by atoms with van der Waals surface area (Å²) in [5.74, 6) is 0.717. The number of nitrogens with zero attached hydrogens (tertiary/aromatic N) is 4. The second-order valence-corrected chi connectivity index (χ2v) is 6.41. The fourth-order valence-corrected chi connectivity index (χ4v) is 3.29. The predicted molar refractivity (Wildman–Crippen MR) is 97.3 cm³/mol. The van der Waals surface area contributed by atoms with Crippen LogP contribution in [0, 0.1) is 0 Å². The molecular formula is C19H20N4O3. The van der Waals surface area contributed by atoms with Gasteiger partial charge in [0.1, 0.15) is 17.8 Å². The Kier molecular flexibility index (Phi) is 4.20. The third kappa shape index (κ3) is 2.96. The quantitative estimate of drug-likeness (QED) is 0.718. The van der Waals surface area contributed by atoms with Crippen LogP contribution in [0.5, 0.6) is 5.75 Å². The molecule has 0 bridgehead atoms. The number of hydrogen-bond acceptors (Lipinski definition) is 4. The lowest BCUT2D eigenvalue weighted by Gasteiger charge is -2.15. The number of methoxy groups -OCH3 is 1. The molecule has 26 heavy (non-hydrogen) atoms. The molecule has 0 unspecified atom stereocenters. The largest absolute Gasteiger partial charge is 0.497 e. The molecule has 0 aliphatic carbocycles. The van der Waals surface area contributed by atoms with Gasteiger partial charge in [-0.1, -0.05) is 12.1 Å². The Bertz CT molecular complexity index is 1020. The van der Waals surface area contributed by atoms with Gasteiger partial charge in [-0.05, 0) is 31.0 Å². The number of benzene rings is 1. The van der Waals surface area contributed by atoms with Crippen LogP contribution in [0.3, 0.4) is 0 Å². The Morgan fingerprint density at radius 3 is 2.77 bits per heavy atom. The third-order valence-electron chi connectivity index (χ3n) is 4.73. The minimum atomic E-state index is -0.221. The van der Waals surface area contributed by atoms with E-state index >= 15 is 0 Å². The van der Waals surface area contributed by atoms with Gasteiger partial charge in [0.2, 0.25) is 5.91 Å². The molecule has 1 aromatic carbocycles. The maximum atomic E-state index is 12.8. The minimum absolute atomic E-state index is 0.0125. The van der Waals surface area contributed by atoms with Crippen LogP contribution < -0.4 is 10.3 Å². The summed E-state index contributed by atoms with van der Waals surface area (Å²) in [5, 5.41) is 4.47. The van der Waals surface area contributed by atoms with E-state index in [4.69, 9.17) is 4.74 Å². The first-order valence-electron chi connectivity index (χ1n) is 8.67. The van der Waals surface area contributed by atoms with Crippen LogP contribution in [0.1, 0.15) is 12.8 Å². The van der Waals surface area contributed by atoms with E-state index in [9.17, 15) is 9.59 Å². The molecule has 3 aromatic rings. The molecule has 1 saturated heterocycles. The molecule has 1 aliphatic heterocycles. The number of carbonyl (C=O) groups excluding carboxylic acids is 1. The maximum Gasteiger partial charge on any atom is 0.277 e. The number of rotatable bonds is 4. The van der Waals surface area contributed by atoms with Gasteiger partial charge in [0.05, 0.1) is 12.8 Å². The molecule has 1 amide bonds. The van der Waals surface area contributed by atoms with E-state index in [1.807, 2.05) is 29.2 Å². The number of carbonyl (C=O) groups is 1. The number of ether oxygens (including phenoxy) is 1. The number of amides is 1. The number of hydrogen-bond donors (Lipinski definition) is 0. The maximum absolute atomic E-state index is 12.8. The van der Waals surface area contributed by atoms with Crippen LogP contribution in [-0.2, 0) is 11.3 Å². The first-order chi connectivity index (χ1) is 12.7. The summed E-state index contributed by atoms with van der Waals surface area (Å²) in [6.07, 6.45) is 5.39. The molecule has 7 nitrogen and oxygen atoms in total. The molecule has 0 spiro atoms. The zero-order valence-electron chi connectivity index (χ0n) is 14.6. The van der Waals surface area contributed by atoms with Gasteiger partial charge in [0, 0.05) is 31.0 Å². The Hall–Kier alpha value is -3.09. The van der Waals surface area contributed by atoms with Gasteiger partial charge >= 0.3 is 0 Å². The second-order valence-electron chi connectivity index (χ2n) is 6.41. The topological polar surface area (TPSA) is 68.8 Å². The fraction of sp³-hybridized carbons (Fsp3) is 0.316. The summed E-state index contributed by atoms with van der Waals surface area (Å²) in [7, 11) is 1.61. The molecule has 0 radical (unpaired) electrons. The highest BCUT2D eigenvalue weighted by atomic mass is 16.5.